The van der Waals surface area contributed by atoms with Crippen LogP contribution >= 0.6 is 0 Å². The van der Waals surface area contributed by atoms with Crippen LogP contribution in [0.3, 0.4) is 0 Å². The van der Waals surface area contributed by atoms with Gasteiger partial charge >= 0.3 is 0 Å². The molecule has 106 valence electrons. The van der Waals surface area contributed by atoms with Gasteiger partial charge in [-0.3, -0.25) is 0 Å². The maximum Gasteiger partial charge on any atom is 0.123 e. The second-order valence-electron chi connectivity index (χ2n) is 5.63. The van der Waals surface area contributed by atoms with Gasteiger partial charge in [0, 0.05) is 6.07 Å². The SMILES string of the molecule is CC[C@H](C)Oc1cccc(OCC2CCCCC2)c1. The maximum atomic E-state index is 5.92. The minimum atomic E-state index is 0.258. The Morgan fingerprint density at radius 3 is 2.63 bits per heavy atom. The molecule has 0 heterocycles. The highest BCUT2D eigenvalue weighted by molar-refractivity contribution is 5.33. The summed E-state index contributed by atoms with van der Waals surface area (Å²) in [5, 5.41) is 0. The van der Waals surface area contributed by atoms with E-state index in [0.29, 0.717) is 0 Å². The summed E-state index contributed by atoms with van der Waals surface area (Å²) in [5.74, 6) is 2.59. The van der Waals surface area contributed by atoms with E-state index in [0.717, 1.165) is 30.4 Å². The molecule has 1 saturated carbocycles. The van der Waals surface area contributed by atoms with Crippen LogP contribution in [0.5, 0.6) is 11.5 Å². The van der Waals surface area contributed by atoms with Crippen LogP contribution in [0.25, 0.3) is 0 Å². The Kier molecular flexibility index (Phi) is 5.56. The molecular formula is C17H26O2. The molecule has 1 aliphatic rings. The predicted octanol–water partition coefficient (Wildman–Crippen LogP) is 4.82. The molecule has 19 heavy (non-hydrogen) atoms. The molecule has 0 spiro atoms. The topological polar surface area (TPSA) is 18.5 Å². The van der Waals surface area contributed by atoms with Crippen LogP contribution in [0, 0.1) is 5.92 Å². The molecule has 0 amide bonds. The lowest BCUT2D eigenvalue weighted by Crippen LogP contribution is -2.15. The summed E-state index contributed by atoms with van der Waals surface area (Å²) in [6, 6.07) is 8.04. The average molecular weight is 262 g/mol. The van der Waals surface area contributed by atoms with Crippen LogP contribution in [0.2, 0.25) is 0 Å². The first kappa shape index (κ1) is 14.2. The van der Waals surface area contributed by atoms with Gasteiger partial charge in [0.1, 0.15) is 11.5 Å². The third kappa shape index (κ3) is 4.77. The molecule has 0 aliphatic heterocycles. The predicted molar refractivity (Wildman–Crippen MR) is 78.9 cm³/mol. The molecule has 1 aromatic carbocycles. The Labute approximate surface area is 117 Å². The first-order valence-corrected chi connectivity index (χ1v) is 7.67. The number of ether oxygens (including phenoxy) is 2. The van der Waals surface area contributed by atoms with Gasteiger partial charge in [0.2, 0.25) is 0 Å². The van der Waals surface area contributed by atoms with E-state index in [1.807, 2.05) is 24.3 Å². The summed E-state index contributed by atoms with van der Waals surface area (Å²) < 4.78 is 11.7. The van der Waals surface area contributed by atoms with Crippen molar-refractivity contribution in [2.45, 2.75) is 58.5 Å². The zero-order valence-corrected chi connectivity index (χ0v) is 12.2. The highest BCUT2D eigenvalue weighted by Crippen LogP contribution is 2.26. The van der Waals surface area contributed by atoms with Crippen molar-refractivity contribution in [3.63, 3.8) is 0 Å². The highest BCUT2D eigenvalue weighted by atomic mass is 16.5. The van der Waals surface area contributed by atoms with Crippen molar-refractivity contribution < 1.29 is 9.47 Å². The molecular weight excluding hydrogens is 236 g/mol. The van der Waals surface area contributed by atoms with E-state index >= 15 is 0 Å². The van der Waals surface area contributed by atoms with E-state index in [2.05, 4.69) is 13.8 Å². The molecule has 0 unspecified atom stereocenters. The van der Waals surface area contributed by atoms with Crippen molar-refractivity contribution in [3.8, 4) is 11.5 Å². The number of hydrogen-bond donors (Lipinski definition) is 0. The van der Waals surface area contributed by atoms with E-state index in [1.165, 1.54) is 32.1 Å². The first-order chi connectivity index (χ1) is 9.28. The first-order valence-electron chi connectivity index (χ1n) is 7.67. The molecule has 0 N–H and O–H groups in total. The Morgan fingerprint density at radius 1 is 1.16 bits per heavy atom. The Balaban J connectivity index is 1.84. The minimum absolute atomic E-state index is 0.258. The molecule has 0 aromatic heterocycles. The molecule has 2 rings (SSSR count). The van der Waals surface area contributed by atoms with Gasteiger partial charge in [-0.15, -0.1) is 0 Å². The zero-order chi connectivity index (χ0) is 13.5. The smallest absolute Gasteiger partial charge is 0.123 e. The number of hydrogen-bond acceptors (Lipinski definition) is 2. The quantitative estimate of drug-likeness (QED) is 0.731. The van der Waals surface area contributed by atoms with Crippen LogP contribution in [-0.4, -0.2) is 12.7 Å². The van der Waals surface area contributed by atoms with Gasteiger partial charge in [-0.1, -0.05) is 32.3 Å². The third-order valence-electron chi connectivity index (χ3n) is 3.93. The molecule has 0 bridgehead atoms. The normalized spacial score (nSPS) is 18.0. The van der Waals surface area contributed by atoms with Crippen molar-refractivity contribution >= 4 is 0 Å². The standard InChI is InChI=1S/C17H26O2/c1-3-14(2)19-17-11-7-10-16(12-17)18-13-15-8-5-4-6-9-15/h7,10-12,14-15H,3-6,8-9,13H2,1-2H3/t14-/m0/s1. The van der Waals surface area contributed by atoms with Crippen LogP contribution in [-0.2, 0) is 0 Å². The van der Waals surface area contributed by atoms with E-state index in [1.54, 1.807) is 0 Å². The molecule has 0 saturated heterocycles. The summed E-state index contributed by atoms with van der Waals surface area (Å²) in [6.07, 6.45) is 8.05. The third-order valence-corrected chi connectivity index (χ3v) is 3.93. The molecule has 1 atom stereocenters. The van der Waals surface area contributed by atoms with Crippen LogP contribution in [0.15, 0.2) is 24.3 Å². The maximum absolute atomic E-state index is 5.92. The van der Waals surface area contributed by atoms with E-state index in [-0.39, 0.29) is 6.10 Å². The van der Waals surface area contributed by atoms with Crippen molar-refractivity contribution in [1.29, 1.82) is 0 Å². The lowest BCUT2D eigenvalue weighted by Gasteiger charge is -2.22. The van der Waals surface area contributed by atoms with Gasteiger partial charge in [-0.25, -0.2) is 0 Å². The lowest BCUT2D eigenvalue weighted by molar-refractivity contribution is 0.202. The number of benzene rings is 1. The summed E-state index contributed by atoms with van der Waals surface area (Å²) in [7, 11) is 0. The lowest BCUT2D eigenvalue weighted by atomic mass is 9.90. The minimum Gasteiger partial charge on any atom is -0.493 e. The largest absolute Gasteiger partial charge is 0.493 e. The van der Waals surface area contributed by atoms with Crippen LogP contribution in [0.1, 0.15) is 52.4 Å². The fraction of sp³-hybridized carbons (Fsp3) is 0.647. The van der Waals surface area contributed by atoms with E-state index < -0.39 is 0 Å². The van der Waals surface area contributed by atoms with Crippen LogP contribution in [0.4, 0.5) is 0 Å². The monoisotopic (exact) mass is 262 g/mol. The summed E-state index contributed by atoms with van der Waals surface area (Å²) in [4.78, 5) is 0. The Hall–Kier alpha value is -1.18. The summed E-state index contributed by atoms with van der Waals surface area (Å²) >= 11 is 0. The van der Waals surface area contributed by atoms with Crippen molar-refractivity contribution in [1.82, 2.24) is 0 Å². The van der Waals surface area contributed by atoms with Crippen molar-refractivity contribution in [3.05, 3.63) is 24.3 Å². The second-order valence-corrected chi connectivity index (χ2v) is 5.63. The van der Waals surface area contributed by atoms with Gasteiger partial charge in [-0.2, -0.15) is 0 Å². The summed E-state index contributed by atoms with van der Waals surface area (Å²) in [6.45, 7) is 5.08. The van der Waals surface area contributed by atoms with E-state index in [4.69, 9.17) is 9.47 Å². The molecule has 1 aromatic rings. The number of rotatable bonds is 6. The Morgan fingerprint density at radius 2 is 1.89 bits per heavy atom. The zero-order valence-electron chi connectivity index (χ0n) is 12.2. The second kappa shape index (κ2) is 7.42. The Bertz CT molecular complexity index is 369. The van der Waals surface area contributed by atoms with Crippen molar-refractivity contribution in [2.75, 3.05) is 6.61 Å². The highest BCUT2D eigenvalue weighted by Gasteiger charge is 2.14. The van der Waals surface area contributed by atoms with E-state index in [9.17, 15) is 0 Å². The van der Waals surface area contributed by atoms with Gasteiger partial charge in [0.05, 0.1) is 12.7 Å². The summed E-state index contributed by atoms with van der Waals surface area (Å²) in [5.41, 5.74) is 0. The molecule has 2 nitrogen and oxygen atoms in total. The molecule has 1 aliphatic carbocycles. The fourth-order valence-electron chi connectivity index (χ4n) is 2.52. The molecule has 2 heteroatoms. The van der Waals surface area contributed by atoms with Gasteiger partial charge < -0.3 is 9.47 Å². The van der Waals surface area contributed by atoms with Gasteiger partial charge in [0.25, 0.3) is 0 Å². The molecule has 1 fully saturated rings. The van der Waals surface area contributed by atoms with Gasteiger partial charge in [-0.05, 0) is 44.2 Å². The van der Waals surface area contributed by atoms with Crippen molar-refractivity contribution in [2.24, 2.45) is 5.92 Å². The average Bonchev–Trinajstić information content (AvgIpc) is 2.46. The van der Waals surface area contributed by atoms with Gasteiger partial charge in [0.15, 0.2) is 0 Å². The molecule has 0 radical (unpaired) electrons. The van der Waals surface area contributed by atoms with Crippen LogP contribution < -0.4 is 9.47 Å². The fourth-order valence-corrected chi connectivity index (χ4v) is 2.52.